The average Bonchev–Trinajstić information content (AvgIpc) is 2.76. The van der Waals surface area contributed by atoms with E-state index in [1.165, 1.54) is 0 Å². The Bertz CT molecular complexity index is 525. The van der Waals surface area contributed by atoms with Gasteiger partial charge >= 0.3 is 0 Å². The summed E-state index contributed by atoms with van der Waals surface area (Å²) >= 11 is 1.87. The molecule has 0 saturated heterocycles. The summed E-state index contributed by atoms with van der Waals surface area (Å²) in [5.41, 5.74) is 0.680. The van der Waals surface area contributed by atoms with Crippen molar-refractivity contribution < 1.29 is 33.4 Å². The first-order valence-electron chi connectivity index (χ1n) is 5.78. The van der Waals surface area contributed by atoms with Crippen molar-refractivity contribution in [2.75, 3.05) is 12.4 Å². The molecule has 1 aliphatic heterocycles. The number of hydrogen-bond acceptors (Lipinski definition) is 9. The van der Waals surface area contributed by atoms with Crippen molar-refractivity contribution in [3.8, 4) is 0 Å². The highest BCUT2D eigenvalue weighted by Crippen LogP contribution is 2.25. The van der Waals surface area contributed by atoms with Crippen molar-refractivity contribution in [3.05, 3.63) is 29.3 Å². The zero-order valence-electron chi connectivity index (χ0n) is 10.6. The van der Waals surface area contributed by atoms with Crippen LogP contribution in [-0.2, 0) is 18.6 Å². The fourth-order valence-corrected chi connectivity index (χ4v) is 2.36. The molecule has 0 aromatic heterocycles. The van der Waals surface area contributed by atoms with Crippen molar-refractivity contribution in [2.24, 2.45) is 0 Å². The van der Waals surface area contributed by atoms with Gasteiger partial charge in [0.25, 0.3) is 11.8 Å². The van der Waals surface area contributed by atoms with E-state index in [1.807, 2.05) is 0 Å². The first-order valence-corrected chi connectivity index (χ1v) is 7.43. The highest BCUT2D eigenvalue weighted by Gasteiger charge is 2.26. The molecule has 0 atom stereocenters. The molecule has 1 heterocycles. The number of nitrogens with one attached hydrogen (secondary N) is 1. The smallest absolute Gasteiger partial charge is 0.258 e. The monoisotopic (exact) mass is 333 g/mol. The number of amides is 2. The van der Waals surface area contributed by atoms with E-state index >= 15 is 0 Å². The Morgan fingerprint density at radius 1 is 1.14 bits per heavy atom. The van der Waals surface area contributed by atoms with E-state index in [2.05, 4.69) is 14.7 Å². The van der Waals surface area contributed by atoms with E-state index < -0.39 is 11.8 Å². The molecule has 0 unspecified atom stereocenters. The number of fused-ring (bicyclic) bond motifs is 1. The molecule has 2 N–H and O–H groups in total. The van der Waals surface area contributed by atoms with Gasteiger partial charge in [0.2, 0.25) is 0 Å². The summed E-state index contributed by atoms with van der Waals surface area (Å²) in [4.78, 5) is 28.4. The number of benzene rings is 1. The van der Waals surface area contributed by atoms with E-state index in [0.29, 0.717) is 34.8 Å². The van der Waals surface area contributed by atoms with Crippen LogP contribution in [0.25, 0.3) is 0 Å². The highest BCUT2D eigenvalue weighted by atomic mass is 32.2. The van der Waals surface area contributed by atoms with Crippen LogP contribution in [0.1, 0.15) is 27.1 Å². The molecule has 0 spiro atoms. The van der Waals surface area contributed by atoms with Gasteiger partial charge in [-0.05, 0) is 24.6 Å². The van der Waals surface area contributed by atoms with Crippen molar-refractivity contribution in [2.45, 2.75) is 11.3 Å². The van der Waals surface area contributed by atoms with Crippen LogP contribution < -0.4 is 5.32 Å². The van der Waals surface area contributed by atoms with Gasteiger partial charge in [-0.2, -0.15) is 4.33 Å². The Morgan fingerprint density at radius 2 is 1.95 bits per heavy atom. The molecule has 0 fully saturated rings. The molecule has 1 aromatic carbocycles. The van der Waals surface area contributed by atoms with Gasteiger partial charge in [-0.1, -0.05) is 5.04 Å². The van der Waals surface area contributed by atoms with Crippen LogP contribution in [0.3, 0.4) is 0 Å². The van der Waals surface area contributed by atoms with E-state index in [4.69, 9.17) is 14.5 Å². The number of carbonyl (C=O) groups excluding carboxylic acids is 2. The third-order valence-corrected chi connectivity index (χ3v) is 3.64. The summed E-state index contributed by atoms with van der Waals surface area (Å²) in [5.74, 6) is -0.257. The Balaban J connectivity index is 1.69. The fraction of sp³-hybridized carbons (Fsp3) is 0.273. The van der Waals surface area contributed by atoms with E-state index in [9.17, 15) is 9.59 Å². The Morgan fingerprint density at radius 3 is 2.76 bits per heavy atom. The van der Waals surface area contributed by atoms with Crippen LogP contribution in [0.5, 0.6) is 0 Å². The van der Waals surface area contributed by atoms with E-state index in [1.54, 1.807) is 18.2 Å². The topological polar surface area (TPSA) is 103 Å². The fourth-order valence-electron chi connectivity index (χ4n) is 1.53. The quantitative estimate of drug-likeness (QED) is 0.231. The lowest BCUT2D eigenvalue weighted by molar-refractivity contribution is -0.432. The minimum Gasteiger partial charge on any atom is -0.288 e. The molecule has 0 saturated carbocycles. The summed E-state index contributed by atoms with van der Waals surface area (Å²) in [5, 5.41) is 13.5. The molecule has 1 aliphatic rings. The zero-order chi connectivity index (χ0) is 15.1. The Kier molecular flexibility index (Phi) is 6.45. The molecule has 114 valence electrons. The summed E-state index contributed by atoms with van der Waals surface area (Å²) in [7, 11) is 0. The molecule has 1 aromatic rings. The zero-order valence-corrected chi connectivity index (χ0v) is 12.2. The second-order valence-electron chi connectivity index (χ2n) is 3.78. The van der Waals surface area contributed by atoms with Gasteiger partial charge in [0.15, 0.2) is 0 Å². The van der Waals surface area contributed by atoms with E-state index in [-0.39, 0.29) is 0 Å². The lowest BCUT2D eigenvalue weighted by atomic mass is 10.1. The molecule has 21 heavy (non-hydrogen) atoms. The molecular weight excluding hydrogens is 322 g/mol. The second-order valence-corrected chi connectivity index (χ2v) is 5.34. The second kappa shape index (κ2) is 8.34. The standard InChI is InChI=1S/C11H11NO7S2/c13-10-8-3-2-7(6-9(8)11(14)12-10)21-18-16-4-1-5-20-19-17-15/h2-3,6,15H,1,4-5H2,(H,12,13,14). The van der Waals surface area contributed by atoms with Gasteiger partial charge in [0, 0.05) is 22.7 Å². The first kappa shape index (κ1) is 16.2. The van der Waals surface area contributed by atoms with Crippen LogP contribution in [0.15, 0.2) is 23.1 Å². The molecule has 8 nitrogen and oxygen atoms in total. The van der Waals surface area contributed by atoms with Crippen LogP contribution in [0, 0.1) is 0 Å². The van der Waals surface area contributed by atoms with Gasteiger partial charge in [0.05, 0.1) is 29.8 Å². The summed E-state index contributed by atoms with van der Waals surface area (Å²) in [6.07, 6.45) is 0.621. The van der Waals surface area contributed by atoms with Crippen LogP contribution in [-0.4, -0.2) is 29.4 Å². The third-order valence-electron chi connectivity index (χ3n) is 2.42. The summed E-state index contributed by atoms with van der Waals surface area (Å²) in [6, 6.07) is 4.78. The van der Waals surface area contributed by atoms with Crippen molar-refractivity contribution in [3.63, 3.8) is 0 Å². The average molecular weight is 333 g/mol. The van der Waals surface area contributed by atoms with Gasteiger partial charge in [-0.3, -0.25) is 14.9 Å². The van der Waals surface area contributed by atoms with Gasteiger partial charge in [0.1, 0.15) is 0 Å². The first-order chi connectivity index (χ1) is 10.2. The largest absolute Gasteiger partial charge is 0.288 e. The highest BCUT2D eigenvalue weighted by molar-refractivity contribution is 7.94. The van der Waals surface area contributed by atoms with Gasteiger partial charge in [-0.25, -0.2) is 10.1 Å². The summed E-state index contributed by atoms with van der Waals surface area (Å²) < 4.78 is 9.09. The predicted octanol–water partition coefficient (Wildman–Crippen LogP) is 1.99. The van der Waals surface area contributed by atoms with Crippen LogP contribution in [0.2, 0.25) is 0 Å². The van der Waals surface area contributed by atoms with Gasteiger partial charge in [-0.15, -0.1) is 4.33 Å². The van der Waals surface area contributed by atoms with Crippen molar-refractivity contribution >= 4 is 35.9 Å². The lowest BCUT2D eigenvalue weighted by Gasteiger charge is -2.03. The number of rotatable bonds is 9. The molecule has 0 bridgehead atoms. The number of carbonyl (C=O) groups is 2. The molecule has 2 rings (SSSR count). The normalized spacial score (nSPS) is 13.4. The van der Waals surface area contributed by atoms with E-state index in [0.717, 1.165) is 24.1 Å². The maximum atomic E-state index is 11.5. The minimum atomic E-state index is -0.415. The summed E-state index contributed by atoms with van der Waals surface area (Å²) in [6.45, 7) is 0.318. The number of imide groups is 1. The Hall–Kier alpha value is -1.14. The SMILES string of the molecule is O=C1NC(=O)c2cc(SOOCCCSOOO)ccc21. The molecular formula is C11H11NO7S2. The minimum absolute atomic E-state index is 0.318. The molecule has 0 aliphatic carbocycles. The lowest BCUT2D eigenvalue weighted by Crippen LogP contribution is -2.19. The predicted molar refractivity (Wildman–Crippen MR) is 73.0 cm³/mol. The van der Waals surface area contributed by atoms with Gasteiger partial charge < -0.3 is 0 Å². The third kappa shape index (κ3) is 4.68. The van der Waals surface area contributed by atoms with Crippen LogP contribution >= 0.6 is 24.1 Å². The maximum Gasteiger partial charge on any atom is 0.258 e. The molecule has 0 radical (unpaired) electrons. The van der Waals surface area contributed by atoms with Crippen molar-refractivity contribution in [1.29, 1.82) is 0 Å². The van der Waals surface area contributed by atoms with Crippen LogP contribution in [0.4, 0.5) is 0 Å². The molecule has 2 amide bonds. The number of hydrogen-bond donors (Lipinski definition) is 2. The van der Waals surface area contributed by atoms with Crippen molar-refractivity contribution in [1.82, 2.24) is 5.32 Å². The Labute approximate surface area is 128 Å². The molecule has 10 heteroatoms. The maximum absolute atomic E-state index is 11.5.